The molecule has 0 heterocycles. The third kappa shape index (κ3) is 4.03. The van der Waals surface area contributed by atoms with Crippen LogP contribution in [0.25, 0.3) is 0 Å². The van der Waals surface area contributed by atoms with Crippen molar-refractivity contribution in [3.8, 4) is 0 Å². The number of hydrogen-bond acceptors (Lipinski definition) is 2. The molecule has 0 radical (unpaired) electrons. The molecule has 0 bridgehead atoms. The van der Waals surface area contributed by atoms with Gasteiger partial charge >= 0.3 is 5.97 Å². The Balaban J connectivity index is 2.89. The fourth-order valence-electron chi connectivity index (χ4n) is 1.39. The van der Waals surface area contributed by atoms with Crippen LogP contribution in [0.2, 0.25) is 0 Å². The number of aliphatic carboxylic acids is 1. The van der Waals surface area contributed by atoms with E-state index in [0.717, 1.165) is 27.8 Å². The number of carbonyl (C=O) groups excluding carboxylic acids is 1. The van der Waals surface area contributed by atoms with Crippen LogP contribution in [0.15, 0.2) is 28.8 Å². The van der Waals surface area contributed by atoms with Gasteiger partial charge in [0.15, 0.2) is 0 Å². The zero-order valence-electron chi connectivity index (χ0n) is 9.45. The first kappa shape index (κ1) is 13.4. The maximum absolute atomic E-state index is 11.4. The first-order chi connectivity index (χ1) is 7.90. The molecule has 0 saturated heterocycles. The fourth-order valence-corrected chi connectivity index (χ4v) is 2.16. The quantitative estimate of drug-likeness (QED) is 0.843. The molecule has 1 rings (SSSR count). The standard InChI is InChI=1S/C12H12BrNO3/c1-7-5-8(2)12(9(13)6-7)14-10(15)3-4-11(16)17/h3-6H,1-2H3,(H,14,15)(H,16,17)/b4-3+. The highest BCUT2D eigenvalue weighted by atomic mass is 79.9. The van der Waals surface area contributed by atoms with Gasteiger partial charge in [-0.25, -0.2) is 4.79 Å². The van der Waals surface area contributed by atoms with Crippen molar-refractivity contribution in [3.05, 3.63) is 39.9 Å². The Morgan fingerprint density at radius 1 is 1.29 bits per heavy atom. The number of carbonyl (C=O) groups is 2. The molecule has 0 aliphatic carbocycles. The minimum absolute atomic E-state index is 0.472. The van der Waals surface area contributed by atoms with Gasteiger partial charge in [0, 0.05) is 16.6 Å². The number of benzene rings is 1. The minimum atomic E-state index is -1.15. The Morgan fingerprint density at radius 2 is 1.94 bits per heavy atom. The van der Waals surface area contributed by atoms with E-state index in [0.29, 0.717) is 5.69 Å². The summed E-state index contributed by atoms with van der Waals surface area (Å²) in [7, 11) is 0. The van der Waals surface area contributed by atoms with Gasteiger partial charge < -0.3 is 10.4 Å². The van der Waals surface area contributed by atoms with Crippen LogP contribution >= 0.6 is 15.9 Å². The highest BCUT2D eigenvalue weighted by Gasteiger charge is 2.07. The van der Waals surface area contributed by atoms with Gasteiger partial charge in [-0.15, -0.1) is 0 Å². The molecular formula is C12H12BrNO3. The molecule has 0 unspecified atom stereocenters. The van der Waals surface area contributed by atoms with Crippen LogP contribution in [0, 0.1) is 13.8 Å². The lowest BCUT2D eigenvalue weighted by atomic mass is 10.1. The molecule has 2 N–H and O–H groups in total. The van der Waals surface area contributed by atoms with Crippen LogP contribution in [0.1, 0.15) is 11.1 Å². The second kappa shape index (κ2) is 5.63. The molecule has 4 nitrogen and oxygen atoms in total. The molecule has 0 aliphatic heterocycles. The van der Waals surface area contributed by atoms with Gasteiger partial charge in [-0.3, -0.25) is 4.79 Å². The summed E-state index contributed by atoms with van der Waals surface area (Å²) in [6.07, 6.45) is 1.78. The Labute approximate surface area is 107 Å². The molecule has 0 aliphatic rings. The predicted molar refractivity (Wildman–Crippen MR) is 69.0 cm³/mol. The minimum Gasteiger partial charge on any atom is -0.478 e. The van der Waals surface area contributed by atoms with Crippen molar-refractivity contribution in [2.45, 2.75) is 13.8 Å². The van der Waals surface area contributed by atoms with Gasteiger partial charge in [0.25, 0.3) is 0 Å². The molecule has 1 aromatic rings. The van der Waals surface area contributed by atoms with E-state index in [1.807, 2.05) is 26.0 Å². The normalized spacial score (nSPS) is 10.5. The second-order valence-corrected chi connectivity index (χ2v) is 4.45. The monoisotopic (exact) mass is 297 g/mol. The number of nitrogens with one attached hydrogen (secondary N) is 1. The molecule has 1 aromatic carbocycles. The van der Waals surface area contributed by atoms with Crippen LogP contribution < -0.4 is 5.32 Å². The lowest BCUT2D eigenvalue weighted by molar-refractivity contribution is -0.131. The van der Waals surface area contributed by atoms with Gasteiger partial charge in [-0.2, -0.15) is 0 Å². The van der Waals surface area contributed by atoms with Gasteiger partial charge in [-0.05, 0) is 47.0 Å². The molecule has 1 amide bonds. The lowest BCUT2D eigenvalue weighted by Gasteiger charge is -2.10. The number of aryl methyl sites for hydroxylation is 2. The molecule has 0 aromatic heterocycles. The molecule has 90 valence electrons. The number of halogens is 1. The summed E-state index contributed by atoms with van der Waals surface area (Å²) >= 11 is 3.35. The molecule has 0 fully saturated rings. The van der Waals surface area contributed by atoms with E-state index in [1.165, 1.54) is 0 Å². The number of rotatable bonds is 3. The molecular weight excluding hydrogens is 286 g/mol. The average Bonchev–Trinajstić information content (AvgIpc) is 2.20. The van der Waals surface area contributed by atoms with E-state index < -0.39 is 11.9 Å². The van der Waals surface area contributed by atoms with E-state index >= 15 is 0 Å². The summed E-state index contributed by atoms with van der Waals surface area (Å²) in [6.45, 7) is 3.82. The van der Waals surface area contributed by atoms with Crippen LogP contribution in [0.4, 0.5) is 5.69 Å². The van der Waals surface area contributed by atoms with E-state index in [4.69, 9.17) is 5.11 Å². The van der Waals surface area contributed by atoms with Gasteiger partial charge in [0.05, 0.1) is 5.69 Å². The van der Waals surface area contributed by atoms with Crippen molar-refractivity contribution in [1.82, 2.24) is 0 Å². The maximum Gasteiger partial charge on any atom is 0.328 e. The highest BCUT2D eigenvalue weighted by Crippen LogP contribution is 2.27. The average molecular weight is 298 g/mol. The Kier molecular flexibility index (Phi) is 4.45. The predicted octanol–water partition coefficient (Wildman–Crippen LogP) is 2.65. The van der Waals surface area contributed by atoms with Crippen LogP contribution in [0.5, 0.6) is 0 Å². The van der Waals surface area contributed by atoms with Crippen molar-refractivity contribution in [1.29, 1.82) is 0 Å². The molecule has 5 heteroatoms. The molecule has 17 heavy (non-hydrogen) atoms. The Hall–Kier alpha value is -1.62. The number of amides is 1. The SMILES string of the molecule is Cc1cc(C)c(NC(=O)/C=C/C(=O)O)c(Br)c1. The number of carboxylic acids is 1. The topological polar surface area (TPSA) is 66.4 Å². The maximum atomic E-state index is 11.4. The number of carboxylic acid groups (broad SMARTS) is 1. The van der Waals surface area contributed by atoms with E-state index in [1.54, 1.807) is 0 Å². The van der Waals surface area contributed by atoms with Gasteiger partial charge in [0.1, 0.15) is 0 Å². The second-order valence-electron chi connectivity index (χ2n) is 3.60. The molecule has 0 saturated carbocycles. The van der Waals surface area contributed by atoms with Crippen molar-refractivity contribution in [2.75, 3.05) is 5.32 Å². The van der Waals surface area contributed by atoms with E-state index in [9.17, 15) is 9.59 Å². The molecule has 0 spiro atoms. The highest BCUT2D eigenvalue weighted by molar-refractivity contribution is 9.10. The van der Waals surface area contributed by atoms with Crippen molar-refractivity contribution < 1.29 is 14.7 Å². The van der Waals surface area contributed by atoms with Crippen LogP contribution in [0.3, 0.4) is 0 Å². The smallest absolute Gasteiger partial charge is 0.328 e. The number of anilines is 1. The van der Waals surface area contributed by atoms with Crippen molar-refractivity contribution in [3.63, 3.8) is 0 Å². The zero-order chi connectivity index (χ0) is 13.0. The summed E-state index contributed by atoms with van der Waals surface area (Å²) in [5, 5.41) is 11.0. The molecule has 0 atom stereocenters. The van der Waals surface area contributed by atoms with Gasteiger partial charge in [-0.1, -0.05) is 6.07 Å². The van der Waals surface area contributed by atoms with Crippen molar-refractivity contribution in [2.24, 2.45) is 0 Å². The zero-order valence-corrected chi connectivity index (χ0v) is 11.0. The first-order valence-electron chi connectivity index (χ1n) is 4.89. The fraction of sp³-hybridized carbons (Fsp3) is 0.167. The third-order valence-corrected chi connectivity index (χ3v) is 2.68. The number of hydrogen-bond donors (Lipinski definition) is 2. The summed E-state index contributed by atoms with van der Waals surface area (Å²) in [4.78, 5) is 21.7. The van der Waals surface area contributed by atoms with Crippen LogP contribution in [-0.4, -0.2) is 17.0 Å². The van der Waals surface area contributed by atoms with E-state index in [2.05, 4.69) is 21.2 Å². The largest absolute Gasteiger partial charge is 0.478 e. The third-order valence-electron chi connectivity index (χ3n) is 2.06. The van der Waals surface area contributed by atoms with Crippen LogP contribution in [-0.2, 0) is 9.59 Å². The Bertz CT molecular complexity index is 472. The van der Waals surface area contributed by atoms with E-state index in [-0.39, 0.29) is 0 Å². The summed E-state index contributed by atoms with van der Waals surface area (Å²) in [6, 6.07) is 3.81. The van der Waals surface area contributed by atoms with Crippen molar-refractivity contribution >= 4 is 33.5 Å². The summed E-state index contributed by atoms with van der Waals surface area (Å²) in [5.74, 6) is -1.63. The Morgan fingerprint density at radius 3 is 2.47 bits per heavy atom. The lowest BCUT2D eigenvalue weighted by Crippen LogP contribution is -2.10. The van der Waals surface area contributed by atoms with Gasteiger partial charge in [0.2, 0.25) is 5.91 Å². The first-order valence-corrected chi connectivity index (χ1v) is 5.68. The summed E-state index contributed by atoms with van der Waals surface area (Å²) in [5.41, 5.74) is 2.64. The summed E-state index contributed by atoms with van der Waals surface area (Å²) < 4.78 is 0.770.